The normalized spacial score (nSPS) is 27.4. The van der Waals surface area contributed by atoms with E-state index in [1.807, 2.05) is 0 Å². The van der Waals surface area contributed by atoms with Crippen LogP contribution in [0.3, 0.4) is 0 Å². The van der Waals surface area contributed by atoms with E-state index < -0.39 is 48.7 Å². The van der Waals surface area contributed by atoms with Crippen LogP contribution in [-0.2, 0) is 19.1 Å². The number of aliphatic carboxylic acids is 2. The molecule has 0 heterocycles. The molecule has 0 aromatic heterocycles. The van der Waals surface area contributed by atoms with Gasteiger partial charge in [-0.15, -0.1) is 0 Å². The molecule has 0 saturated carbocycles. The molecule has 1 aliphatic rings. The van der Waals surface area contributed by atoms with Gasteiger partial charge in [-0.2, -0.15) is 0 Å². The number of ether oxygens (including phenoxy) is 1. The van der Waals surface area contributed by atoms with Crippen LogP contribution in [0.2, 0.25) is 0 Å². The van der Waals surface area contributed by atoms with Gasteiger partial charge in [-0.05, 0) is 6.08 Å². The Balaban J connectivity index is 2.77. The van der Waals surface area contributed by atoms with E-state index in [2.05, 4.69) is 4.74 Å². The van der Waals surface area contributed by atoms with Gasteiger partial charge < -0.3 is 30.3 Å². The summed E-state index contributed by atoms with van der Waals surface area (Å²) in [6, 6.07) is 0. The van der Waals surface area contributed by atoms with E-state index in [4.69, 9.17) is 10.2 Å². The van der Waals surface area contributed by atoms with Crippen LogP contribution in [0, 0.1) is 0 Å². The minimum absolute atomic E-state index is 0.230. The molecule has 112 valence electrons. The maximum Gasteiger partial charge on any atom is 0.345 e. The van der Waals surface area contributed by atoms with Crippen LogP contribution < -0.4 is 0 Å². The second-order valence-corrected chi connectivity index (χ2v) is 4.27. The lowest BCUT2D eigenvalue weighted by Crippen LogP contribution is -2.41. The standard InChI is InChI=1S/C11H14O9/c12-5-1-4(2-6(13)9(5)16)11(19)20-7(10(17)18)3-8(14)15/h1,5-7,9,12-13,16H,2-3H2,(H,14,15)(H,17,18). The molecule has 0 spiro atoms. The molecule has 0 aliphatic heterocycles. The molecule has 0 bridgehead atoms. The molecule has 0 saturated heterocycles. The van der Waals surface area contributed by atoms with Gasteiger partial charge in [0, 0.05) is 12.0 Å². The van der Waals surface area contributed by atoms with Crippen LogP contribution in [-0.4, -0.2) is 67.9 Å². The Morgan fingerprint density at radius 3 is 2.30 bits per heavy atom. The monoisotopic (exact) mass is 290 g/mol. The summed E-state index contributed by atoms with van der Waals surface area (Å²) >= 11 is 0. The molecule has 0 amide bonds. The van der Waals surface area contributed by atoms with E-state index in [9.17, 15) is 29.7 Å². The fraction of sp³-hybridized carbons (Fsp3) is 0.545. The summed E-state index contributed by atoms with van der Waals surface area (Å²) in [5.41, 5.74) is -0.230. The zero-order chi connectivity index (χ0) is 15.4. The molecular weight excluding hydrogens is 276 g/mol. The topological polar surface area (TPSA) is 162 Å². The minimum Gasteiger partial charge on any atom is -0.481 e. The van der Waals surface area contributed by atoms with Crippen LogP contribution in [0.5, 0.6) is 0 Å². The molecule has 9 heteroatoms. The Bertz CT molecular complexity index is 441. The van der Waals surface area contributed by atoms with E-state index in [0.717, 1.165) is 6.08 Å². The smallest absolute Gasteiger partial charge is 0.345 e. The Morgan fingerprint density at radius 1 is 1.25 bits per heavy atom. The Hall–Kier alpha value is -1.97. The molecule has 20 heavy (non-hydrogen) atoms. The zero-order valence-electron chi connectivity index (χ0n) is 10.2. The van der Waals surface area contributed by atoms with Gasteiger partial charge in [0.15, 0.2) is 0 Å². The Kier molecular flexibility index (Phi) is 5.19. The molecule has 4 atom stereocenters. The third kappa shape index (κ3) is 4.02. The van der Waals surface area contributed by atoms with Crippen molar-refractivity contribution in [1.29, 1.82) is 0 Å². The maximum absolute atomic E-state index is 11.6. The number of hydrogen-bond donors (Lipinski definition) is 5. The average molecular weight is 290 g/mol. The van der Waals surface area contributed by atoms with Crippen molar-refractivity contribution in [2.45, 2.75) is 37.3 Å². The van der Waals surface area contributed by atoms with Gasteiger partial charge in [0.2, 0.25) is 6.10 Å². The fourth-order valence-corrected chi connectivity index (χ4v) is 1.64. The second kappa shape index (κ2) is 6.46. The number of esters is 1. The largest absolute Gasteiger partial charge is 0.481 e. The summed E-state index contributed by atoms with van der Waals surface area (Å²) in [5, 5.41) is 45.2. The first-order valence-electron chi connectivity index (χ1n) is 5.62. The highest BCUT2D eigenvalue weighted by atomic mass is 16.6. The number of carboxylic acids is 2. The quantitative estimate of drug-likeness (QED) is 0.356. The first-order valence-corrected chi connectivity index (χ1v) is 5.62. The zero-order valence-corrected chi connectivity index (χ0v) is 10.2. The van der Waals surface area contributed by atoms with Gasteiger partial charge in [-0.1, -0.05) is 0 Å². The summed E-state index contributed by atoms with van der Waals surface area (Å²) in [4.78, 5) is 32.8. The number of carboxylic acid groups (broad SMARTS) is 2. The highest BCUT2D eigenvalue weighted by molar-refractivity contribution is 5.91. The molecule has 1 rings (SSSR count). The number of hydrogen-bond acceptors (Lipinski definition) is 7. The van der Waals surface area contributed by atoms with Gasteiger partial charge in [0.05, 0.1) is 12.5 Å². The van der Waals surface area contributed by atoms with Crippen molar-refractivity contribution in [3.05, 3.63) is 11.6 Å². The first-order chi connectivity index (χ1) is 9.22. The highest BCUT2D eigenvalue weighted by Gasteiger charge is 2.34. The van der Waals surface area contributed by atoms with Crippen molar-refractivity contribution in [2.75, 3.05) is 0 Å². The SMILES string of the molecule is O=C(O)CC(OC(=O)C1=CC(O)C(O)C(O)C1)C(=O)O. The third-order valence-corrected chi connectivity index (χ3v) is 2.69. The van der Waals surface area contributed by atoms with Crippen LogP contribution in [0.25, 0.3) is 0 Å². The minimum atomic E-state index is -1.87. The lowest BCUT2D eigenvalue weighted by atomic mass is 9.92. The predicted molar refractivity (Wildman–Crippen MR) is 60.5 cm³/mol. The predicted octanol–water partition coefficient (Wildman–Crippen LogP) is -2.13. The van der Waals surface area contributed by atoms with Crippen LogP contribution in [0.15, 0.2) is 11.6 Å². The molecule has 0 fully saturated rings. The molecule has 1 aliphatic carbocycles. The Morgan fingerprint density at radius 2 is 1.85 bits per heavy atom. The maximum atomic E-state index is 11.6. The molecule has 4 unspecified atom stereocenters. The van der Waals surface area contributed by atoms with Crippen LogP contribution >= 0.6 is 0 Å². The van der Waals surface area contributed by atoms with Crippen molar-refractivity contribution < 1.29 is 44.7 Å². The Labute approximate surface area is 112 Å². The molecule has 5 N–H and O–H groups in total. The summed E-state index contributed by atoms with van der Waals surface area (Å²) in [7, 11) is 0. The summed E-state index contributed by atoms with van der Waals surface area (Å²) in [5.74, 6) is -4.25. The summed E-state index contributed by atoms with van der Waals surface area (Å²) < 4.78 is 4.50. The lowest BCUT2D eigenvalue weighted by Gasteiger charge is -2.27. The lowest BCUT2D eigenvalue weighted by molar-refractivity contribution is -0.165. The summed E-state index contributed by atoms with van der Waals surface area (Å²) in [6.45, 7) is 0. The molecule has 0 aromatic rings. The van der Waals surface area contributed by atoms with Crippen molar-refractivity contribution >= 4 is 17.9 Å². The highest BCUT2D eigenvalue weighted by Crippen LogP contribution is 2.21. The van der Waals surface area contributed by atoms with Crippen molar-refractivity contribution in [1.82, 2.24) is 0 Å². The van der Waals surface area contributed by atoms with Gasteiger partial charge in [0.25, 0.3) is 0 Å². The van der Waals surface area contributed by atoms with E-state index in [1.54, 1.807) is 0 Å². The van der Waals surface area contributed by atoms with Gasteiger partial charge >= 0.3 is 17.9 Å². The number of carbonyl (C=O) groups is 3. The number of aliphatic hydroxyl groups excluding tert-OH is 3. The van der Waals surface area contributed by atoms with Gasteiger partial charge in [-0.25, -0.2) is 9.59 Å². The van der Waals surface area contributed by atoms with Crippen molar-refractivity contribution in [2.24, 2.45) is 0 Å². The van der Waals surface area contributed by atoms with E-state index in [0.29, 0.717) is 0 Å². The number of aliphatic hydroxyl groups is 3. The fourth-order valence-electron chi connectivity index (χ4n) is 1.64. The van der Waals surface area contributed by atoms with E-state index in [1.165, 1.54) is 0 Å². The van der Waals surface area contributed by atoms with E-state index >= 15 is 0 Å². The van der Waals surface area contributed by atoms with Crippen molar-refractivity contribution in [3.8, 4) is 0 Å². The van der Waals surface area contributed by atoms with Gasteiger partial charge in [0.1, 0.15) is 12.2 Å². The number of carbonyl (C=O) groups excluding carboxylic acids is 1. The summed E-state index contributed by atoms with van der Waals surface area (Å²) in [6.07, 6.45) is -6.55. The van der Waals surface area contributed by atoms with E-state index in [-0.39, 0.29) is 12.0 Å². The third-order valence-electron chi connectivity index (χ3n) is 2.69. The molecule has 9 nitrogen and oxygen atoms in total. The molecule has 0 aromatic carbocycles. The molecular formula is C11H14O9. The first kappa shape index (κ1) is 16.1. The van der Waals surface area contributed by atoms with Crippen LogP contribution in [0.4, 0.5) is 0 Å². The number of rotatable bonds is 5. The van der Waals surface area contributed by atoms with Gasteiger partial charge in [-0.3, -0.25) is 4.79 Å². The molecule has 0 radical (unpaired) electrons. The second-order valence-electron chi connectivity index (χ2n) is 4.27. The van der Waals surface area contributed by atoms with Crippen molar-refractivity contribution in [3.63, 3.8) is 0 Å². The average Bonchev–Trinajstić information content (AvgIpc) is 2.33. The van der Waals surface area contributed by atoms with Crippen LogP contribution in [0.1, 0.15) is 12.8 Å².